The Morgan fingerprint density at radius 2 is 1.51 bits per heavy atom. The van der Waals surface area contributed by atoms with Gasteiger partial charge in [-0.05, 0) is 54.7 Å². The first-order chi connectivity index (χ1) is 19.6. The molecule has 12 heteroatoms. The van der Waals surface area contributed by atoms with E-state index in [0.29, 0.717) is 38.0 Å². The van der Waals surface area contributed by atoms with Crippen molar-refractivity contribution < 1.29 is 37.5 Å². The van der Waals surface area contributed by atoms with Gasteiger partial charge in [0.15, 0.2) is 0 Å². The number of nitrogens with one attached hydrogen (secondary N) is 1. The molecule has 2 aromatic carbocycles. The number of alkyl halides is 3. The fourth-order valence-electron chi connectivity index (χ4n) is 5.13. The quantitative estimate of drug-likeness (QED) is 0.482. The maximum atomic E-state index is 13.6. The van der Waals surface area contributed by atoms with Crippen LogP contribution in [0.25, 0.3) is 10.8 Å². The summed E-state index contributed by atoms with van der Waals surface area (Å²) in [5, 5.41) is 11.9. The van der Waals surface area contributed by atoms with Gasteiger partial charge in [-0.25, -0.2) is 4.79 Å². The number of carbonyl (C=O) groups excluding carboxylic acids is 3. The van der Waals surface area contributed by atoms with Crippen molar-refractivity contribution >= 4 is 34.5 Å². The Bertz CT molecular complexity index is 1410. The molecule has 2 atom stereocenters. The van der Waals surface area contributed by atoms with Gasteiger partial charge in [-0.3, -0.25) is 19.4 Å². The first-order valence-electron chi connectivity index (χ1n) is 13.1. The van der Waals surface area contributed by atoms with Crippen molar-refractivity contribution in [3.63, 3.8) is 0 Å². The fraction of sp³-hybridized carbons (Fsp3) is 0.345. The van der Waals surface area contributed by atoms with Crippen LogP contribution in [0.15, 0.2) is 66.9 Å². The molecule has 0 radical (unpaired) electrons. The van der Waals surface area contributed by atoms with Crippen molar-refractivity contribution in [2.75, 3.05) is 13.1 Å². The van der Waals surface area contributed by atoms with Crippen LogP contribution in [0.4, 0.5) is 13.2 Å². The molecule has 1 aromatic heterocycles. The van der Waals surface area contributed by atoms with Gasteiger partial charge in [0.2, 0.25) is 11.8 Å². The monoisotopic (exact) mass is 570 g/mol. The first kappa shape index (κ1) is 29.5. The lowest BCUT2D eigenvalue weighted by atomic mass is 10.0. The Hall–Kier alpha value is -4.48. The Labute approximate surface area is 233 Å². The van der Waals surface area contributed by atoms with E-state index in [9.17, 15) is 27.6 Å². The summed E-state index contributed by atoms with van der Waals surface area (Å²) in [5.74, 6) is -3.17. The van der Waals surface area contributed by atoms with Crippen molar-refractivity contribution in [3.05, 3.63) is 78.1 Å². The zero-order valence-electron chi connectivity index (χ0n) is 22.0. The normalized spacial score (nSPS) is 18.5. The van der Waals surface area contributed by atoms with Gasteiger partial charge in [-0.1, -0.05) is 42.5 Å². The van der Waals surface area contributed by atoms with Gasteiger partial charge in [0.05, 0.1) is 12.2 Å². The first-order valence-corrected chi connectivity index (χ1v) is 13.1. The molecule has 0 spiro atoms. The number of benzene rings is 2. The van der Waals surface area contributed by atoms with Gasteiger partial charge >= 0.3 is 12.1 Å². The Morgan fingerprint density at radius 1 is 0.878 bits per heavy atom. The SMILES string of the molecule is O=C(NCc1ccccn1)[C@@H]1CCCN1C(=O)[C@@H]1CCCN1C(=O)c1cccc2ccccc12.O=C(O)C(F)(F)F. The number of halogens is 3. The molecule has 2 N–H and O–H groups in total. The number of likely N-dealkylation sites (tertiary alicyclic amines) is 2. The number of hydrogen-bond acceptors (Lipinski definition) is 5. The lowest BCUT2D eigenvalue weighted by Gasteiger charge is -2.31. The molecule has 3 amide bonds. The van der Waals surface area contributed by atoms with Crippen LogP contribution < -0.4 is 5.32 Å². The summed E-state index contributed by atoms with van der Waals surface area (Å²) >= 11 is 0. The van der Waals surface area contributed by atoms with E-state index in [1.54, 1.807) is 16.0 Å². The smallest absolute Gasteiger partial charge is 0.475 e. The predicted octanol–water partition coefficient (Wildman–Crippen LogP) is 3.78. The summed E-state index contributed by atoms with van der Waals surface area (Å²) in [7, 11) is 0. The lowest BCUT2D eigenvalue weighted by Crippen LogP contribution is -2.52. The minimum atomic E-state index is -5.08. The van der Waals surface area contributed by atoms with Crippen LogP contribution >= 0.6 is 0 Å². The zero-order chi connectivity index (χ0) is 29.6. The van der Waals surface area contributed by atoms with E-state index in [4.69, 9.17) is 9.90 Å². The molecule has 216 valence electrons. The van der Waals surface area contributed by atoms with Crippen LogP contribution in [0.5, 0.6) is 0 Å². The molecule has 2 aliphatic rings. The molecule has 2 aliphatic heterocycles. The molecular formula is C29H29F3N4O5. The molecule has 0 bridgehead atoms. The molecular weight excluding hydrogens is 541 g/mol. The highest BCUT2D eigenvalue weighted by molar-refractivity contribution is 6.08. The van der Waals surface area contributed by atoms with Gasteiger partial charge in [0.25, 0.3) is 5.91 Å². The topological polar surface area (TPSA) is 120 Å². The lowest BCUT2D eigenvalue weighted by molar-refractivity contribution is -0.192. The summed E-state index contributed by atoms with van der Waals surface area (Å²) in [5.41, 5.74) is 1.39. The second kappa shape index (κ2) is 12.8. The van der Waals surface area contributed by atoms with Crippen molar-refractivity contribution in [1.82, 2.24) is 20.1 Å². The average Bonchev–Trinajstić information content (AvgIpc) is 3.66. The van der Waals surface area contributed by atoms with Crippen LogP contribution in [0, 0.1) is 0 Å². The highest BCUT2D eigenvalue weighted by Gasteiger charge is 2.42. The molecule has 9 nitrogen and oxygen atoms in total. The van der Waals surface area contributed by atoms with E-state index in [2.05, 4.69) is 10.3 Å². The number of carbonyl (C=O) groups is 4. The van der Waals surface area contributed by atoms with Gasteiger partial charge in [0, 0.05) is 24.8 Å². The Balaban J connectivity index is 0.000000493. The highest BCUT2D eigenvalue weighted by Crippen LogP contribution is 2.28. The van der Waals surface area contributed by atoms with Gasteiger partial charge in [0.1, 0.15) is 12.1 Å². The molecule has 0 aliphatic carbocycles. The van der Waals surface area contributed by atoms with Crippen molar-refractivity contribution in [2.45, 2.75) is 50.5 Å². The third-order valence-corrected chi connectivity index (χ3v) is 7.07. The molecule has 0 unspecified atom stereocenters. The summed E-state index contributed by atoms with van der Waals surface area (Å²) < 4.78 is 31.7. The number of fused-ring (bicyclic) bond motifs is 1. The van der Waals surface area contributed by atoms with Crippen molar-refractivity contribution in [1.29, 1.82) is 0 Å². The predicted molar refractivity (Wildman–Crippen MR) is 143 cm³/mol. The summed E-state index contributed by atoms with van der Waals surface area (Å²) in [4.78, 5) is 56.5. The van der Waals surface area contributed by atoms with Crippen LogP contribution in [0.2, 0.25) is 0 Å². The molecule has 5 rings (SSSR count). The number of carboxylic acids is 1. The Kier molecular flexibility index (Phi) is 9.21. The summed E-state index contributed by atoms with van der Waals surface area (Å²) in [6, 6.07) is 18.0. The highest BCUT2D eigenvalue weighted by atomic mass is 19.4. The maximum absolute atomic E-state index is 13.6. The molecule has 3 heterocycles. The number of aliphatic carboxylic acids is 1. The van der Waals surface area contributed by atoms with E-state index in [1.807, 2.05) is 60.7 Å². The third kappa shape index (κ3) is 7.00. The number of amides is 3. The average molecular weight is 571 g/mol. The standard InChI is InChI=1S/C27H28N4O3.C2HF3O2/c32-25(29-18-20-10-3-4-15-28-20)23-13-6-16-30(23)27(34)24-14-7-17-31(24)26(33)22-12-5-9-19-8-1-2-11-21(19)22;3-2(4,5)1(6)7/h1-5,8-12,15,23-24H,6-7,13-14,16-18H2,(H,29,32);(H,6,7)/t23-,24-;/m0./s1. The minimum Gasteiger partial charge on any atom is -0.475 e. The van der Waals surface area contributed by atoms with Crippen LogP contribution in [0.1, 0.15) is 41.7 Å². The molecule has 2 saturated heterocycles. The van der Waals surface area contributed by atoms with Crippen LogP contribution in [0.3, 0.4) is 0 Å². The minimum absolute atomic E-state index is 0.122. The van der Waals surface area contributed by atoms with Gasteiger partial charge in [-0.15, -0.1) is 0 Å². The summed E-state index contributed by atoms with van der Waals surface area (Å²) in [6.45, 7) is 1.41. The van der Waals surface area contributed by atoms with E-state index in [0.717, 1.165) is 29.3 Å². The van der Waals surface area contributed by atoms with Crippen molar-refractivity contribution in [2.24, 2.45) is 0 Å². The van der Waals surface area contributed by atoms with Crippen LogP contribution in [-0.4, -0.2) is 74.9 Å². The molecule has 41 heavy (non-hydrogen) atoms. The van der Waals surface area contributed by atoms with E-state index < -0.39 is 24.2 Å². The number of aromatic nitrogens is 1. The van der Waals surface area contributed by atoms with E-state index in [1.165, 1.54) is 0 Å². The second-order valence-corrected chi connectivity index (χ2v) is 9.71. The molecule has 2 fully saturated rings. The Morgan fingerprint density at radius 3 is 2.20 bits per heavy atom. The van der Waals surface area contributed by atoms with Crippen LogP contribution in [-0.2, 0) is 20.9 Å². The fourth-order valence-corrected chi connectivity index (χ4v) is 5.13. The second-order valence-electron chi connectivity index (χ2n) is 9.71. The van der Waals surface area contributed by atoms with Gasteiger partial charge < -0.3 is 20.2 Å². The molecule has 0 saturated carbocycles. The molecule has 3 aromatic rings. The third-order valence-electron chi connectivity index (χ3n) is 7.07. The number of pyridine rings is 1. The number of rotatable bonds is 5. The zero-order valence-corrected chi connectivity index (χ0v) is 22.0. The van der Waals surface area contributed by atoms with E-state index in [-0.39, 0.29) is 17.7 Å². The number of carboxylic acid groups (broad SMARTS) is 1. The van der Waals surface area contributed by atoms with E-state index >= 15 is 0 Å². The largest absolute Gasteiger partial charge is 0.490 e. The summed E-state index contributed by atoms with van der Waals surface area (Å²) in [6.07, 6.45) is -0.596. The van der Waals surface area contributed by atoms with Crippen molar-refractivity contribution in [3.8, 4) is 0 Å². The number of hydrogen-bond donors (Lipinski definition) is 2. The van der Waals surface area contributed by atoms with Gasteiger partial charge in [-0.2, -0.15) is 13.2 Å². The maximum Gasteiger partial charge on any atom is 0.490 e. The number of nitrogens with zero attached hydrogens (tertiary/aromatic N) is 3.